The molecule has 1 nitrogen and oxygen atoms in total. The number of benzene rings is 1. The van der Waals surface area contributed by atoms with E-state index in [2.05, 4.69) is 75.0 Å². The van der Waals surface area contributed by atoms with E-state index in [0.29, 0.717) is 6.04 Å². The summed E-state index contributed by atoms with van der Waals surface area (Å²) < 4.78 is 2.50. The maximum Gasteiger partial charge on any atom is 0.0547 e. The van der Waals surface area contributed by atoms with Crippen LogP contribution in [0, 0.1) is 3.57 Å². The van der Waals surface area contributed by atoms with E-state index in [1.807, 2.05) is 0 Å². The first kappa shape index (κ1) is 13.6. The predicted octanol–water partition coefficient (Wildman–Crippen LogP) is 4.81. The highest BCUT2D eigenvalue weighted by atomic mass is 127. The van der Waals surface area contributed by atoms with Gasteiger partial charge < -0.3 is 5.32 Å². The minimum atomic E-state index is 0.381. The first-order valence-corrected chi connectivity index (χ1v) is 7.96. The number of allylic oxidation sites excluding steroid dienone is 1. The third-order valence-corrected chi connectivity index (χ3v) is 4.52. The van der Waals surface area contributed by atoms with Gasteiger partial charge in [0.1, 0.15) is 0 Å². The van der Waals surface area contributed by atoms with Crippen molar-refractivity contribution in [3.8, 4) is 0 Å². The zero-order valence-corrected chi connectivity index (χ0v) is 13.7. The van der Waals surface area contributed by atoms with Crippen molar-refractivity contribution < 1.29 is 0 Å². The fraction of sp³-hybridized carbons (Fsp3) is 0.429. The molecule has 1 unspecified atom stereocenters. The summed E-state index contributed by atoms with van der Waals surface area (Å²) in [7, 11) is 0. The second kappa shape index (κ2) is 6.34. The Morgan fingerprint density at radius 3 is 2.94 bits per heavy atom. The van der Waals surface area contributed by atoms with Gasteiger partial charge in [-0.1, -0.05) is 34.5 Å². The summed E-state index contributed by atoms with van der Waals surface area (Å²) in [4.78, 5) is 0. The summed E-state index contributed by atoms with van der Waals surface area (Å²) in [6.45, 7) is 3.17. The molecular weight excluding hydrogens is 389 g/mol. The Kier molecular flexibility index (Phi) is 5.06. The van der Waals surface area contributed by atoms with Crippen LogP contribution in [0.4, 0.5) is 0 Å². The molecule has 1 aliphatic carbocycles. The van der Waals surface area contributed by atoms with Crippen LogP contribution >= 0.6 is 38.5 Å². The molecule has 17 heavy (non-hydrogen) atoms. The van der Waals surface area contributed by atoms with E-state index in [0.717, 1.165) is 6.54 Å². The van der Waals surface area contributed by atoms with Crippen LogP contribution in [-0.2, 0) is 0 Å². The minimum absolute atomic E-state index is 0.381. The Morgan fingerprint density at radius 2 is 2.29 bits per heavy atom. The molecule has 0 saturated heterocycles. The molecule has 3 heteroatoms. The van der Waals surface area contributed by atoms with Crippen molar-refractivity contribution in [3.63, 3.8) is 0 Å². The molecule has 0 bridgehead atoms. The molecule has 0 radical (unpaired) electrons. The normalized spacial score (nSPS) is 17.0. The lowest BCUT2D eigenvalue weighted by molar-refractivity contribution is 0.603. The molecule has 0 aliphatic heterocycles. The van der Waals surface area contributed by atoms with Crippen molar-refractivity contribution >= 4 is 38.5 Å². The lowest BCUT2D eigenvalue weighted by atomic mass is 9.98. The largest absolute Gasteiger partial charge is 0.307 e. The fourth-order valence-corrected chi connectivity index (χ4v) is 3.33. The first-order chi connectivity index (χ1) is 8.22. The van der Waals surface area contributed by atoms with Gasteiger partial charge in [0.25, 0.3) is 0 Å². The summed E-state index contributed by atoms with van der Waals surface area (Å²) in [5.74, 6) is 0. The number of rotatable bonds is 4. The number of hydrogen-bond donors (Lipinski definition) is 1. The van der Waals surface area contributed by atoms with Crippen molar-refractivity contribution in [1.29, 1.82) is 0 Å². The van der Waals surface area contributed by atoms with E-state index in [1.165, 1.54) is 32.9 Å². The van der Waals surface area contributed by atoms with Gasteiger partial charge in [0.2, 0.25) is 0 Å². The zero-order chi connectivity index (χ0) is 12.3. The van der Waals surface area contributed by atoms with Crippen molar-refractivity contribution in [3.05, 3.63) is 43.5 Å². The van der Waals surface area contributed by atoms with Crippen LogP contribution in [0.2, 0.25) is 0 Å². The topological polar surface area (TPSA) is 12.0 Å². The maximum atomic E-state index is 3.68. The Bertz CT molecular complexity index is 428. The molecule has 0 heterocycles. The quantitative estimate of drug-likeness (QED) is 0.559. The average Bonchev–Trinajstić information content (AvgIpc) is 2.83. The first-order valence-electron chi connectivity index (χ1n) is 6.09. The molecule has 0 saturated carbocycles. The lowest BCUT2D eigenvalue weighted by Crippen LogP contribution is -2.22. The van der Waals surface area contributed by atoms with Gasteiger partial charge in [-0.05, 0) is 72.2 Å². The zero-order valence-electron chi connectivity index (χ0n) is 9.97. The van der Waals surface area contributed by atoms with E-state index >= 15 is 0 Å². The van der Waals surface area contributed by atoms with E-state index in [-0.39, 0.29) is 0 Å². The Labute approximate surface area is 125 Å². The lowest BCUT2D eigenvalue weighted by Gasteiger charge is -2.21. The van der Waals surface area contributed by atoms with Gasteiger partial charge in [-0.3, -0.25) is 0 Å². The molecule has 1 N–H and O–H groups in total. The number of nitrogens with one attached hydrogen (secondary N) is 1. The third-order valence-electron chi connectivity index (χ3n) is 3.12. The average molecular weight is 406 g/mol. The molecule has 1 aromatic carbocycles. The number of hydrogen-bond acceptors (Lipinski definition) is 1. The Morgan fingerprint density at radius 1 is 1.47 bits per heavy atom. The SMILES string of the molecule is CCNC(C1=CCCC1)c1cc(I)ccc1Br. The summed E-state index contributed by atoms with van der Waals surface area (Å²) in [6.07, 6.45) is 6.17. The predicted molar refractivity (Wildman–Crippen MR) is 85.2 cm³/mol. The molecule has 2 rings (SSSR count). The molecule has 1 aliphatic rings. The van der Waals surface area contributed by atoms with Gasteiger partial charge >= 0.3 is 0 Å². The van der Waals surface area contributed by atoms with E-state index < -0.39 is 0 Å². The van der Waals surface area contributed by atoms with Crippen LogP contribution in [0.15, 0.2) is 34.3 Å². The standard InChI is InChI=1S/C14H17BrIN/c1-2-17-14(10-5-3-4-6-10)12-9-11(16)7-8-13(12)15/h5,7-9,14,17H,2-4,6H2,1H3. The van der Waals surface area contributed by atoms with E-state index in [9.17, 15) is 0 Å². The summed E-state index contributed by atoms with van der Waals surface area (Å²) >= 11 is 6.06. The number of likely N-dealkylation sites (N-methyl/N-ethyl adjacent to an activating group) is 1. The van der Waals surface area contributed by atoms with Crippen LogP contribution < -0.4 is 5.32 Å². The minimum Gasteiger partial charge on any atom is -0.307 e. The third kappa shape index (κ3) is 3.32. The van der Waals surface area contributed by atoms with Gasteiger partial charge in [0.15, 0.2) is 0 Å². The molecule has 0 spiro atoms. The van der Waals surface area contributed by atoms with Crippen LogP contribution in [0.25, 0.3) is 0 Å². The van der Waals surface area contributed by atoms with Crippen LogP contribution in [-0.4, -0.2) is 6.54 Å². The molecule has 1 aromatic rings. The fourth-order valence-electron chi connectivity index (χ4n) is 2.34. The van der Waals surface area contributed by atoms with Crippen molar-refractivity contribution in [2.75, 3.05) is 6.54 Å². The van der Waals surface area contributed by atoms with E-state index in [1.54, 1.807) is 5.57 Å². The van der Waals surface area contributed by atoms with E-state index in [4.69, 9.17) is 0 Å². The van der Waals surface area contributed by atoms with Crippen molar-refractivity contribution in [1.82, 2.24) is 5.32 Å². The highest BCUT2D eigenvalue weighted by molar-refractivity contribution is 14.1. The second-order valence-corrected chi connectivity index (χ2v) is 6.43. The van der Waals surface area contributed by atoms with Crippen LogP contribution in [0.3, 0.4) is 0 Å². The Balaban J connectivity index is 2.34. The number of halogens is 2. The maximum absolute atomic E-state index is 3.68. The molecule has 0 amide bonds. The summed E-state index contributed by atoms with van der Waals surface area (Å²) in [6, 6.07) is 6.94. The van der Waals surface area contributed by atoms with Gasteiger partial charge in [-0.2, -0.15) is 0 Å². The molecule has 92 valence electrons. The van der Waals surface area contributed by atoms with Crippen molar-refractivity contribution in [2.45, 2.75) is 32.2 Å². The molecule has 1 atom stereocenters. The van der Waals surface area contributed by atoms with Gasteiger partial charge in [-0.15, -0.1) is 0 Å². The molecular formula is C14H17BrIN. The smallest absolute Gasteiger partial charge is 0.0547 e. The highest BCUT2D eigenvalue weighted by Crippen LogP contribution is 2.34. The van der Waals surface area contributed by atoms with Gasteiger partial charge in [-0.25, -0.2) is 0 Å². The van der Waals surface area contributed by atoms with Crippen molar-refractivity contribution in [2.24, 2.45) is 0 Å². The Hall–Kier alpha value is 0.130. The summed E-state index contributed by atoms with van der Waals surface area (Å²) in [5, 5.41) is 3.61. The molecule has 0 fully saturated rings. The van der Waals surface area contributed by atoms with Crippen LogP contribution in [0.5, 0.6) is 0 Å². The second-order valence-electron chi connectivity index (χ2n) is 4.33. The molecule has 0 aromatic heterocycles. The summed E-state index contributed by atoms with van der Waals surface area (Å²) in [5.41, 5.74) is 2.92. The monoisotopic (exact) mass is 405 g/mol. The van der Waals surface area contributed by atoms with Crippen LogP contribution in [0.1, 0.15) is 37.8 Å². The highest BCUT2D eigenvalue weighted by Gasteiger charge is 2.20. The van der Waals surface area contributed by atoms with Gasteiger partial charge in [0, 0.05) is 8.04 Å². The van der Waals surface area contributed by atoms with Gasteiger partial charge in [0.05, 0.1) is 6.04 Å².